The molecule has 0 heterocycles. The molecule has 21 heavy (non-hydrogen) atoms. The van der Waals surface area contributed by atoms with Crippen LogP contribution in [0.1, 0.15) is 5.56 Å². The van der Waals surface area contributed by atoms with Gasteiger partial charge < -0.3 is 9.84 Å². The lowest BCUT2D eigenvalue weighted by Crippen LogP contribution is -2.14. The van der Waals surface area contributed by atoms with E-state index in [0.29, 0.717) is 5.70 Å². The highest BCUT2D eigenvalue weighted by molar-refractivity contribution is 5.68. The Labute approximate surface area is 124 Å². The summed E-state index contributed by atoms with van der Waals surface area (Å²) in [5.41, 5.74) is 6.53. The van der Waals surface area contributed by atoms with Gasteiger partial charge in [0.2, 0.25) is 0 Å². The van der Waals surface area contributed by atoms with Crippen LogP contribution in [0.4, 0.5) is 0 Å². The first-order valence-corrected chi connectivity index (χ1v) is 6.67. The molecule has 0 aliphatic rings. The van der Waals surface area contributed by atoms with Crippen molar-refractivity contribution >= 4 is 5.70 Å². The van der Waals surface area contributed by atoms with Gasteiger partial charge in [-0.1, -0.05) is 43.0 Å². The number of aliphatic hydroxyl groups excluding tert-OH is 1. The molecule has 0 amide bonds. The molecule has 4 nitrogen and oxygen atoms in total. The van der Waals surface area contributed by atoms with Crippen molar-refractivity contribution in [1.82, 2.24) is 5.48 Å². The lowest BCUT2D eigenvalue weighted by molar-refractivity contribution is 0.0481. The number of hydroxylamine groups is 1. The summed E-state index contributed by atoms with van der Waals surface area (Å²) in [5, 5.41) is 8.65. The molecule has 0 bridgehead atoms. The van der Waals surface area contributed by atoms with Crippen molar-refractivity contribution in [1.29, 1.82) is 0 Å². The molecule has 0 aliphatic heterocycles. The molecule has 0 aliphatic carbocycles. The molecule has 110 valence electrons. The van der Waals surface area contributed by atoms with Gasteiger partial charge in [0, 0.05) is 0 Å². The van der Waals surface area contributed by atoms with Crippen LogP contribution < -0.4 is 10.2 Å². The predicted molar refractivity (Wildman–Crippen MR) is 83.6 cm³/mol. The summed E-state index contributed by atoms with van der Waals surface area (Å²) in [6.07, 6.45) is 0. The summed E-state index contributed by atoms with van der Waals surface area (Å²) in [4.78, 5) is 5.03. The van der Waals surface area contributed by atoms with Crippen LogP contribution in [-0.2, 0) is 4.84 Å². The second-order valence-corrected chi connectivity index (χ2v) is 4.46. The Balaban J connectivity index is 2.05. The van der Waals surface area contributed by atoms with Crippen LogP contribution in [-0.4, -0.2) is 25.4 Å². The molecule has 4 heteroatoms. The highest BCUT2D eigenvalue weighted by atomic mass is 16.6. The van der Waals surface area contributed by atoms with Gasteiger partial charge in [0.15, 0.2) is 0 Å². The molecule has 0 unspecified atom stereocenters. The zero-order chi connectivity index (χ0) is 15.1. The molecule has 2 N–H and O–H groups in total. The SMILES string of the molecule is C=C(NOCCO)c1ccc(-c2ccc(OC)cc2)cc1. The fourth-order valence-corrected chi connectivity index (χ4v) is 1.89. The highest BCUT2D eigenvalue weighted by Gasteiger charge is 2.01. The van der Waals surface area contributed by atoms with Crippen molar-refractivity contribution in [3.63, 3.8) is 0 Å². The standard InChI is InChI=1S/C17H19NO3/c1-13(18-21-12-11-19)14-3-5-15(6-4-14)16-7-9-17(20-2)10-8-16/h3-10,18-19H,1,11-12H2,2H3. The topological polar surface area (TPSA) is 50.7 Å². The number of aliphatic hydroxyl groups is 1. The highest BCUT2D eigenvalue weighted by Crippen LogP contribution is 2.23. The number of hydrogen-bond donors (Lipinski definition) is 2. The van der Waals surface area contributed by atoms with Crippen molar-refractivity contribution in [2.45, 2.75) is 0 Å². The first-order chi connectivity index (χ1) is 10.2. The smallest absolute Gasteiger partial charge is 0.118 e. The molecule has 0 saturated carbocycles. The third kappa shape index (κ3) is 4.08. The van der Waals surface area contributed by atoms with E-state index in [0.717, 1.165) is 22.4 Å². The Bertz CT molecular complexity index is 576. The van der Waals surface area contributed by atoms with Crippen LogP contribution in [0, 0.1) is 0 Å². The van der Waals surface area contributed by atoms with Crippen molar-refractivity contribution in [3.05, 3.63) is 60.7 Å². The van der Waals surface area contributed by atoms with E-state index in [1.165, 1.54) is 0 Å². The van der Waals surface area contributed by atoms with Crippen LogP contribution in [0.5, 0.6) is 5.75 Å². The minimum absolute atomic E-state index is 0.0311. The zero-order valence-corrected chi connectivity index (χ0v) is 12.0. The molecule has 0 atom stereocenters. The molecule has 0 spiro atoms. The Morgan fingerprint density at radius 1 is 1.05 bits per heavy atom. The number of benzene rings is 2. The molecule has 0 saturated heterocycles. The van der Waals surface area contributed by atoms with Gasteiger partial charge in [0.25, 0.3) is 0 Å². The van der Waals surface area contributed by atoms with E-state index in [1.54, 1.807) is 7.11 Å². The minimum Gasteiger partial charge on any atom is -0.497 e. The summed E-state index contributed by atoms with van der Waals surface area (Å²) in [5.74, 6) is 0.842. The van der Waals surface area contributed by atoms with Crippen LogP contribution in [0.3, 0.4) is 0 Å². The predicted octanol–water partition coefficient (Wildman–Crippen LogP) is 2.85. The molecule has 2 aromatic rings. The summed E-state index contributed by atoms with van der Waals surface area (Å²) >= 11 is 0. The van der Waals surface area contributed by atoms with Crippen molar-refractivity contribution < 1.29 is 14.7 Å². The van der Waals surface area contributed by atoms with Gasteiger partial charge in [-0.25, -0.2) is 0 Å². The monoisotopic (exact) mass is 285 g/mol. The normalized spacial score (nSPS) is 10.2. The van der Waals surface area contributed by atoms with Crippen molar-refractivity contribution in [2.24, 2.45) is 0 Å². The number of rotatable bonds is 7. The van der Waals surface area contributed by atoms with E-state index in [-0.39, 0.29) is 13.2 Å². The van der Waals surface area contributed by atoms with Gasteiger partial charge >= 0.3 is 0 Å². The first-order valence-electron chi connectivity index (χ1n) is 6.67. The molecular weight excluding hydrogens is 266 g/mol. The van der Waals surface area contributed by atoms with Gasteiger partial charge in [-0.2, -0.15) is 0 Å². The number of nitrogens with one attached hydrogen (secondary N) is 1. The average molecular weight is 285 g/mol. The Kier molecular flexibility index (Phi) is 5.37. The Hall–Kier alpha value is -2.30. The van der Waals surface area contributed by atoms with E-state index >= 15 is 0 Å². The molecule has 0 aromatic heterocycles. The fourth-order valence-electron chi connectivity index (χ4n) is 1.89. The molecule has 2 rings (SSSR count). The van der Waals surface area contributed by atoms with Gasteiger partial charge in [-0.05, 0) is 28.8 Å². The molecule has 0 radical (unpaired) electrons. The minimum atomic E-state index is -0.0311. The van der Waals surface area contributed by atoms with E-state index in [2.05, 4.69) is 12.1 Å². The van der Waals surface area contributed by atoms with Gasteiger partial charge in [0.1, 0.15) is 5.75 Å². The van der Waals surface area contributed by atoms with Crippen LogP contribution in [0.15, 0.2) is 55.1 Å². The van der Waals surface area contributed by atoms with E-state index < -0.39 is 0 Å². The van der Waals surface area contributed by atoms with E-state index in [9.17, 15) is 0 Å². The maximum Gasteiger partial charge on any atom is 0.118 e. The summed E-state index contributed by atoms with van der Waals surface area (Å²) in [7, 11) is 1.65. The number of ether oxygens (including phenoxy) is 1. The summed E-state index contributed by atoms with van der Waals surface area (Å²) < 4.78 is 5.15. The third-order valence-corrected chi connectivity index (χ3v) is 3.05. The second kappa shape index (κ2) is 7.47. The number of methoxy groups -OCH3 is 1. The summed E-state index contributed by atoms with van der Waals surface area (Å²) in [6, 6.07) is 15.9. The van der Waals surface area contributed by atoms with Gasteiger partial charge in [0.05, 0.1) is 26.0 Å². The maximum atomic E-state index is 8.65. The largest absolute Gasteiger partial charge is 0.497 e. The Morgan fingerprint density at radius 2 is 1.62 bits per heavy atom. The van der Waals surface area contributed by atoms with Gasteiger partial charge in [-0.15, -0.1) is 0 Å². The summed E-state index contributed by atoms with van der Waals surface area (Å²) in [6.45, 7) is 4.08. The van der Waals surface area contributed by atoms with E-state index in [1.807, 2.05) is 48.5 Å². The van der Waals surface area contributed by atoms with Crippen molar-refractivity contribution in [3.8, 4) is 16.9 Å². The van der Waals surface area contributed by atoms with Crippen LogP contribution in [0.2, 0.25) is 0 Å². The van der Waals surface area contributed by atoms with Gasteiger partial charge in [-0.3, -0.25) is 10.3 Å². The molecule has 2 aromatic carbocycles. The molecular formula is C17H19NO3. The first kappa shape index (κ1) is 15.1. The maximum absolute atomic E-state index is 8.65. The number of hydrogen-bond acceptors (Lipinski definition) is 4. The van der Waals surface area contributed by atoms with E-state index in [4.69, 9.17) is 14.7 Å². The fraction of sp³-hybridized carbons (Fsp3) is 0.176. The lowest BCUT2D eigenvalue weighted by atomic mass is 10.0. The van der Waals surface area contributed by atoms with Crippen LogP contribution in [0.25, 0.3) is 16.8 Å². The average Bonchev–Trinajstić information content (AvgIpc) is 2.55. The third-order valence-electron chi connectivity index (χ3n) is 3.05. The van der Waals surface area contributed by atoms with Crippen LogP contribution >= 0.6 is 0 Å². The zero-order valence-electron chi connectivity index (χ0n) is 12.0. The van der Waals surface area contributed by atoms with Crippen molar-refractivity contribution in [2.75, 3.05) is 20.3 Å². The second-order valence-electron chi connectivity index (χ2n) is 4.46. The molecule has 0 fully saturated rings. The Morgan fingerprint density at radius 3 is 2.14 bits per heavy atom. The quantitative estimate of drug-likeness (QED) is 0.607. The lowest BCUT2D eigenvalue weighted by Gasteiger charge is -2.10.